The first-order valence-electron chi connectivity index (χ1n) is 6.84. The number of nitrogens with zero attached hydrogens (tertiary/aromatic N) is 3. The molecular formula is C16H12BrN3O2S. The molecule has 0 saturated carbocycles. The van der Waals surface area contributed by atoms with Crippen LogP contribution in [0.25, 0.3) is 11.5 Å². The number of hydrogen-bond acceptors (Lipinski definition) is 6. The first-order chi connectivity index (χ1) is 11.1. The van der Waals surface area contributed by atoms with Crippen molar-refractivity contribution in [1.82, 2.24) is 15.2 Å². The first kappa shape index (κ1) is 15.9. The minimum Gasteiger partial charge on any atom is -0.411 e. The summed E-state index contributed by atoms with van der Waals surface area (Å²) in [7, 11) is 0. The summed E-state index contributed by atoms with van der Waals surface area (Å²) in [5.74, 6) is 0.410. The first-order valence-corrected chi connectivity index (χ1v) is 8.51. The molecule has 3 rings (SSSR count). The molecule has 1 atom stereocenters. The molecule has 0 spiro atoms. The quantitative estimate of drug-likeness (QED) is 0.479. The summed E-state index contributed by atoms with van der Waals surface area (Å²) in [6.45, 7) is 1.82. The molecule has 0 amide bonds. The van der Waals surface area contributed by atoms with Crippen LogP contribution in [0.5, 0.6) is 0 Å². The van der Waals surface area contributed by atoms with Crippen molar-refractivity contribution in [2.24, 2.45) is 0 Å². The molecule has 7 heteroatoms. The van der Waals surface area contributed by atoms with Crippen molar-refractivity contribution in [3.8, 4) is 11.5 Å². The lowest BCUT2D eigenvalue weighted by Crippen LogP contribution is -2.13. The number of hydrogen-bond donors (Lipinski definition) is 0. The fourth-order valence-electron chi connectivity index (χ4n) is 1.92. The Bertz CT molecular complexity index is 806. The summed E-state index contributed by atoms with van der Waals surface area (Å²) in [5.41, 5.74) is 1.40. The van der Waals surface area contributed by atoms with Crippen LogP contribution >= 0.6 is 27.7 Å². The van der Waals surface area contributed by atoms with Gasteiger partial charge in [-0.25, -0.2) is 0 Å². The molecule has 0 bridgehead atoms. The van der Waals surface area contributed by atoms with Crippen molar-refractivity contribution in [2.45, 2.75) is 17.4 Å². The lowest BCUT2D eigenvalue weighted by molar-refractivity contribution is 0.0993. The molecule has 0 aliphatic heterocycles. The van der Waals surface area contributed by atoms with Gasteiger partial charge in [0.1, 0.15) is 0 Å². The molecule has 0 radical (unpaired) electrons. The zero-order valence-corrected chi connectivity index (χ0v) is 14.5. The normalized spacial score (nSPS) is 12.1. The van der Waals surface area contributed by atoms with Crippen molar-refractivity contribution < 1.29 is 9.21 Å². The maximum Gasteiger partial charge on any atom is 0.277 e. The maximum atomic E-state index is 12.4. The second kappa shape index (κ2) is 7.06. The van der Waals surface area contributed by atoms with Gasteiger partial charge in [-0.05, 0) is 31.2 Å². The van der Waals surface area contributed by atoms with E-state index in [1.165, 1.54) is 11.8 Å². The summed E-state index contributed by atoms with van der Waals surface area (Å²) in [6.07, 6.45) is 3.33. The molecule has 0 N–H and O–H groups in total. The molecule has 0 fully saturated rings. The van der Waals surface area contributed by atoms with Crippen LogP contribution in [0.3, 0.4) is 0 Å². The summed E-state index contributed by atoms with van der Waals surface area (Å²) >= 11 is 4.60. The minimum absolute atomic E-state index is 0.0172. The van der Waals surface area contributed by atoms with E-state index in [0.29, 0.717) is 16.7 Å². The molecule has 0 aliphatic rings. The van der Waals surface area contributed by atoms with Crippen LogP contribution in [-0.2, 0) is 0 Å². The van der Waals surface area contributed by atoms with Gasteiger partial charge in [-0.15, -0.1) is 10.2 Å². The minimum atomic E-state index is -0.321. The van der Waals surface area contributed by atoms with Gasteiger partial charge in [0.15, 0.2) is 5.78 Å². The van der Waals surface area contributed by atoms with Crippen LogP contribution in [0.1, 0.15) is 17.3 Å². The topological polar surface area (TPSA) is 68.9 Å². The Balaban J connectivity index is 1.71. The van der Waals surface area contributed by atoms with Crippen molar-refractivity contribution in [1.29, 1.82) is 0 Å². The molecule has 0 saturated heterocycles. The number of thioether (sulfide) groups is 1. The van der Waals surface area contributed by atoms with E-state index in [4.69, 9.17) is 4.42 Å². The van der Waals surface area contributed by atoms with E-state index in [9.17, 15) is 4.79 Å². The Morgan fingerprint density at radius 2 is 2.00 bits per heavy atom. The summed E-state index contributed by atoms with van der Waals surface area (Å²) in [5, 5.41) is 8.01. The highest BCUT2D eigenvalue weighted by atomic mass is 79.9. The van der Waals surface area contributed by atoms with E-state index in [0.717, 1.165) is 10.0 Å². The van der Waals surface area contributed by atoms with E-state index in [1.54, 1.807) is 30.6 Å². The second-order valence-corrected chi connectivity index (χ2v) is 6.95. The number of aromatic nitrogens is 3. The highest BCUT2D eigenvalue weighted by Gasteiger charge is 2.20. The molecule has 3 aromatic rings. The maximum absolute atomic E-state index is 12.4. The monoisotopic (exact) mass is 389 g/mol. The Labute approximate surface area is 145 Å². The van der Waals surface area contributed by atoms with Crippen LogP contribution < -0.4 is 0 Å². The average Bonchev–Trinajstić information content (AvgIpc) is 3.04. The third-order valence-electron chi connectivity index (χ3n) is 3.09. The van der Waals surface area contributed by atoms with Gasteiger partial charge in [0, 0.05) is 22.4 Å². The molecule has 116 valence electrons. The molecule has 5 nitrogen and oxygen atoms in total. The van der Waals surface area contributed by atoms with E-state index in [2.05, 4.69) is 31.1 Å². The van der Waals surface area contributed by atoms with Gasteiger partial charge >= 0.3 is 0 Å². The predicted molar refractivity (Wildman–Crippen MR) is 91.3 cm³/mol. The van der Waals surface area contributed by atoms with Gasteiger partial charge in [-0.3, -0.25) is 9.78 Å². The van der Waals surface area contributed by atoms with E-state index in [-0.39, 0.29) is 11.0 Å². The van der Waals surface area contributed by atoms with Gasteiger partial charge < -0.3 is 4.42 Å². The number of halogens is 1. The fraction of sp³-hybridized carbons (Fsp3) is 0.125. The standard InChI is InChI=1S/C16H12BrN3O2S/c1-10(14(21)11-4-6-13(17)7-5-11)23-16-20-19-15(22-16)12-3-2-8-18-9-12/h2-10H,1H3. The lowest BCUT2D eigenvalue weighted by atomic mass is 10.1. The number of benzene rings is 1. The third kappa shape index (κ3) is 3.86. The van der Waals surface area contributed by atoms with Gasteiger partial charge in [0.25, 0.3) is 5.22 Å². The zero-order chi connectivity index (χ0) is 16.2. The summed E-state index contributed by atoms with van der Waals surface area (Å²) in [6, 6.07) is 10.9. The van der Waals surface area contributed by atoms with Crippen LogP contribution in [0.15, 0.2) is 62.9 Å². The number of rotatable bonds is 5. The van der Waals surface area contributed by atoms with Gasteiger partial charge in [0.05, 0.1) is 10.8 Å². The predicted octanol–water partition coefficient (Wildman–Crippen LogP) is 4.26. The zero-order valence-electron chi connectivity index (χ0n) is 12.1. The van der Waals surface area contributed by atoms with Crippen molar-refractivity contribution in [3.05, 3.63) is 58.8 Å². The van der Waals surface area contributed by atoms with Gasteiger partial charge in [-0.1, -0.05) is 39.8 Å². The third-order valence-corrected chi connectivity index (χ3v) is 4.55. The Morgan fingerprint density at radius 3 is 2.70 bits per heavy atom. The van der Waals surface area contributed by atoms with Gasteiger partial charge in [0.2, 0.25) is 5.89 Å². The number of ketones is 1. The number of pyridine rings is 1. The highest BCUT2D eigenvalue weighted by molar-refractivity contribution is 9.10. The van der Waals surface area contributed by atoms with Crippen LogP contribution in [0.2, 0.25) is 0 Å². The van der Waals surface area contributed by atoms with E-state index in [1.807, 2.05) is 25.1 Å². The van der Waals surface area contributed by atoms with Crippen LogP contribution in [0, 0.1) is 0 Å². The smallest absolute Gasteiger partial charge is 0.277 e. The molecule has 1 unspecified atom stereocenters. The van der Waals surface area contributed by atoms with Crippen molar-refractivity contribution in [2.75, 3.05) is 0 Å². The Morgan fingerprint density at radius 1 is 1.22 bits per heavy atom. The Hall–Kier alpha value is -1.99. The summed E-state index contributed by atoms with van der Waals surface area (Å²) < 4.78 is 6.52. The van der Waals surface area contributed by atoms with Crippen LogP contribution in [-0.4, -0.2) is 26.2 Å². The van der Waals surface area contributed by atoms with Crippen LogP contribution in [0.4, 0.5) is 0 Å². The van der Waals surface area contributed by atoms with E-state index < -0.39 is 0 Å². The number of Topliss-reactive ketones (excluding diaryl/α,β-unsaturated/α-hetero) is 1. The van der Waals surface area contributed by atoms with Crippen molar-refractivity contribution in [3.63, 3.8) is 0 Å². The molecule has 23 heavy (non-hydrogen) atoms. The Kier molecular flexibility index (Phi) is 4.88. The van der Waals surface area contributed by atoms with E-state index >= 15 is 0 Å². The lowest BCUT2D eigenvalue weighted by Gasteiger charge is -2.07. The molecule has 2 heterocycles. The van der Waals surface area contributed by atoms with Gasteiger partial charge in [-0.2, -0.15) is 0 Å². The average molecular weight is 390 g/mol. The highest BCUT2D eigenvalue weighted by Crippen LogP contribution is 2.27. The molecule has 0 aliphatic carbocycles. The van der Waals surface area contributed by atoms with Crippen molar-refractivity contribution >= 4 is 33.5 Å². The second-order valence-electron chi connectivity index (χ2n) is 4.75. The number of carbonyl (C=O) groups is 1. The largest absolute Gasteiger partial charge is 0.411 e. The molecule has 1 aromatic carbocycles. The molecule has 2 aromatic heterocycles. The summed E-state index contributed by atoms with van der Waals surface area (Å²) in [4.78, 5) is 16.4. The molecular weight excluding hydrogens is 378 g/mol. The SMILES string of the molecule is CC(Sc1nnc(-c2cccnc2)o1)C(=O)c1ccc(Br)cc1. The number of carbonyl (C=O) groups excluding carboxylic acids is 1. The fourth-order valence-corrected chi connectivity index (χ4v) is 2.94.